The van der Waals surface area contributed by atoms with Crippen LogP contribution in [0.2, 0.25) is 0 Å². The number of nitrogen functional groups attached to an aromatic ring is 2. The maximum Gasteiger partial charge on any atom is 0.146 e. The molecule has 0 aliphatic rings. The molecule has 0 fully saturated rings. The van der Waals surface area contributed by atoms with E-state index in [4.69, 9.17) is 16.7 Å². The van der Waals surface area contributed by atoms with Crippen LogP contribution in [-0.4, -0.2) is 30.4 Å². The number of aryl methyl sites for hydroxylation is 1. The molecule has 10 heteroatoms. The molecule has 1 atom stereocenters. The summed E-state index contributed by atoms with van der Waals surface area (Å²) < 4.78 is 25.1. The summed E-state index contributed by atoms with van der Waals surface area (Å²) in [5, 5.41) is 9.67. The molecule has 4 aromatic rings. The van der Waals surface area contributed by atoms with Gasteiger partial charge in [0.15, 0.2) is 0 Å². The van der Waals surface area contributed by atoms with Gasteiger partial charge in [0.2, 0.25) is 0 Å². The monoisotopic (exact) mass is 449 g/mol. The first kappa shape index (κ1) is 22.7. The minimum absolute atomic E-state index is 0.120. The van der Waals surface area contributed by atoms with Crippen molar-refractivity contribution in [1.29, 1.82) is 5.26 Å². The van der Waals surface area contributed by atoms with Crippen LogP contribution in [0, 0.1) is 17.1 Å². The van der Waals surface area contributed by atoms with Gasteiger partial charge in [-0.1, -0.05) is 13.0 Å². The molecule has 1 unspecified atom stereocenters. The van der Waals surface area contributed by atoms with E-state index in [-0.39, 0.29) is 23.0 Å². The lowest BCUT2D eigenvalue weighted by molar-refractivity contribution is 0.629. The number of nitriles is 1. The van der Waals surface area contributed by atoms with E-state index in [0.29, 0.717) is 10.7 Å². The molecular weight excluding hydrogens is 429 g/mol. The Hall–Kier alpha value is -3.97. The zero-order valence-electron chi connectivity index (χ0n) is 17.4. The first-order chi connectivity index (χ1) is 15.3. The molecule has 8 nitrogen and oxygen atoms in total. The van der Waals surface area contributed by atoms with Crippen LogP contribution in [0.3, 0.4) is 0 Å². The number of pyridine rings is 2. The standard InChI is InChI=1S/C17H15FN2OS.C5H5N5/c1-3-14-13(16-5-4-6-17(20-16)22(2)21)10-11-9-12(18)7-8-15(11)19-14;6-1-3-4(7)9-2-10-5(3)8/h4-10H,3H2,1-2H3;2H,(H4,7,8,9,10). The Kier molecular flexibility index (Phi) is 7.02. The number of nitrogens with two attached hydrogens (primary N) is 2. The van der Waals surface area contributed by atoms with Crippen molar-refractivity contribution in [2.24, 2.45) is 0 Å². The molecule has 162 valence electrons. The predicted molar refractivity (Wildman–Crippen MR) is 122 cm³/mol. The molecule has 3 aromatic heterocycles. The van der Waals surface area contributed by atoms with Gasteiger partial charge in [-0.25, -0.2) is 19.3 Å². The first-order valence-electron chi connectivity index (χ1n) is 9.50. The largest absolute Gasteiger partial charge is 0.382 e. The number of rotatable bonds is 3. The van der Waals surface area contributed by atoms with Gasteiger partial charge in [-0.15, -0.1) is 0 Å². The van der Waals surface area contributed by atoms with E-state index < -0.39 is 10.8 Å². The Labute approximate surface area is 186 Å². The van der Waals surface area contributed by atoms with E-state index in [1.807, 2.05) is 25.1 Å². The summed E-state index contributed by atoms with van der Waals surface area (Å²) in [6, 6.07) is 13.7. The number of fused-ring (bicyclic) bond motifs is 1. The lowest BCUT2D eigenvalue weighted by Crippen LogP contribution is -2.01. The lowest BCUT2D eigenvalue weighted by Gasteiger charge is -2.10. The summed E-state index contributed by atoms with van der Waals surface area (Å²) in [7, 11) is -1.14. The van der Waals surface area contributed by atoms with Gasteiger partial charge in [0.25, 0.3) is 0 Å². The summed E-state index contributed by atoms with van der Waals surface area (Å²) in [6.07, 6.45) is 3.55. The van der Waals surface area contributed by atoms with Crippen LogP contribution < -0.4 is 11.5 Å². The number of nitrogens with zero attached hydrogens (tertiary/aromatic N) is 5. The molecule has 0 bridgehead atoms. The number of benzene rings is 1. The highest BCUT2D eigenvalue weighted by Gasteiger charge is 2.11. The topological polar surface area (TPSA) is 144 Å². The van der Waals surface area contributed by atoms with Crippen molar-refractivity contribution in [2.75, 3.05) is 17.7 Å². The number of aromatic nitrogens is 4. The Morgan fingerprint density at radius 1 is 1.09 bits per heavy atom. The highest BCUT2D eigenvalue weighted by Crippen LogP contribution is 2.26. The molecule has 0 saturated heterocycles. The maximum absolute atomic E-state index is 13.4. The van der Waals surface area contributed by atoms with E-state index in [9.17, 15) is 8.60 Å². The SMILES string of the molecule is CCc1nc2ccc(F)cc2cc1-c1cccc(S(C)=O)n1.N#Cc1c(N)ncnc1N. The number of hydrogen-bond acceptors (Lipinski definition) is 8. The molecule has 0 spiro atoms. The van der Waals surface area contributed by atoms with E-state index in [1.165, 1.54) is 18.5 Å². The maximum atomic E-state index is 13.4. The number of hydrogen-bond donors (Lipinski definition) is 2. The molecule has 1 aromatic carbocycles. The molecule has 0 amide bonds. The molecule has 4 rings (SSSR count). The molecular formula is C22H20FN7OS. The van der Waals surface area contributed by atoms with Crippen molar-refractivity contribution in [2.45, 2.75) is 18.4 Å². The van der Waals surface area contributed by atoms with Gasteiger partial charge in [-0.2, -0.15) is 5.26 Å². The third-order valence-electron chi connectivity index (χ3n) is 4.50. The lowest BCUT2D eigenvalue weighted by atomic mass is 10.0. The summed E-state index contributed by atoms with van der Waals surface area (Å²) >= 11 is 0. The molecule has 0 aliphatic heterocycles. The van der Waals surface area contributed by atoms with E-state index in [0.717, 1.165) is 28.6 Å². The van der Waals surface area contributed by atoms with E-state index in [1.54, 1.807) is 24.5 Å². The summed E-state index contributed by atoms with van der Waals surface area (Å²) in [5.41, 5.74) is 13.9. The van der Waals surface area contributed by atoms with Crippen molar-refractivity contribution in [3.05, 3.63) is 65.9 Å². The van der Waals surface area contributed by atoms with Crippen molar-refractivity contribution < 1.29 is 8.60 Å². The van der Waals surface area contributed by atoms with Crippen molar-refractivity contribution in [3.8, 4) is 17.3 Å². The molecule has 0 saturated carbocycles. The minimum atomic E-state index is -1.14. The third-order valence-corrected chi connectivity index (χ3v) is 5.32. The van der Waals surface area contributed by atoms with Gasteiger partial charge in [-0.05, 0) is 42.8 Å². The van der Waals surface area contributed by atoms with Gasteiger partial charge in [0.05, 0.1) is 27.7 Å². The second kappa shape index (κ2) is 9.89. The average Bonchev–Trinajstić information content (AvgIpc) is 2.79. The normalized spacial score (nSPS) is 11.3. The van der Waals surface area contributed by atoms with Crippen LogP contribution in [-0.2, 0) is 17.2 Å². The summed E-state index contributed by atoms with van der Waals surface area (Å²) in [5.74, 6) is -0.0501. The van der Waals surface area contributed by atoms with E-state index >= 15 is 0 Å². The van der Waals surface area contributed by atoms with Crippen molar-refractivity contribution in [3.63, 3.8) is 0 Å². The fourth-order valence-corrected chi connectivity index (χ4v) is 3.43. The van der Waals surface area contributed by atoms with Crippen molar-refractivity contribution >= 4 is 33.3 Å². The van der Waals surface area contributed by atoms with Crippen LogP contribution in [0.1, 0.15) is 18.2 Å². The Bertz CT molecular complexity index is 1330. The highest BCUT2D eigenvalue weighted by molar-refractivity contribution is 7.84. The minimum Gasteiger partial charge on any atom is -0.382 e. The predicted octanol–water partition coefficient (Wildman–Crippen LogP) is 3.25. The molecule has 0 aliphatic carbocycles. The van der Waals surface area contributed by atoms with Crippen LogP contribution in [0.25, 0.3) is 22.2 Å². The zero-order chi connectivity index (χ0) is 23.3. The number of halogens is 1. The molecule has 4 N–H and O–H groups in total. The quantitative estimate of drug-likeness (QED) is 0.485. The first-order valence-corrected chi connectivity index (χ1v) is 11.1. The fourth-order valence-electron chi connectivity index (χ4n) is 2.93. The molecule has 3 heterocycles. The summed E-state index contributed by atoms with van der Waals surface area (Å²) in [4.78, 5) is 16.2. The Balaban J connectivity index is 0.000000243. The summed E-state index contributed by atoms with van der Waals surface area (Å²) in [6.45, 7) is 2.02. The molecule has 0 radical (unpaired) electrons. The van der Waals surface area contributed by atoms with Crippen LogP contribution in [0.5, 0.6) is 0 Å². The van der Waals surface area contributed by atoms with Gasteiger partial charge in [-0.3, -0.25) is 9.19 Å². The highest BCUT2D eigenvalue weighted by atomic mass is 32.2. The smallest absolute Gasteiger partial charge is 0.146 e. The van der Waals surface area contributed by atoms with E-state index in [2.05, 4.69) is 19.9 Å². The fraction of sp³-hybridized carbons (Fsp3) is 0.136. The van der Waals surface area contributed by atoms with Crippen LogP contribution in [0.4, 0.5) is 16.0 Å². The zero-order valence-corrected chi connectivity index (χ0v) is 18.2. The Morgan fingerprint density at radius 2 is 1.81 bits per heavy atom. The van der Waals surface area contributed by atoms with Gasteiger partial charge in [0, 0.05) is 17.2 Å². The second-order valence-corrected chi connectivity index (χ2v) is 7.95. The average molecular weight is 450 g/mol. The van der Waals surface area contributed by atoms with Gasteiger partial charge < -0.3 is 11.5 Å². The third kappa shape index (κ3) is 5.01. The van der Waals surface area contributed by atoms with Crippen LogP contribution >= 0.6 is 0 Å². The van der Waals surface area contributed by atoms with Gasteiger partial charge in [0.1, 0.15) is 40.4 Å². The Morgan fingerprint density at radius 3 is 2.41 bits per heavy atom. The molecule has 32 heavy (non-hydrogen) atoms. The van der Waals surface area contributed by atoms with Gasteiger partial charge >= 0.3 is 0 Å². The number of anilines is 2. The van der Waals surface area contributed by atoms with Crippen molar-refractivity contribution in [1.82, 2.24) is 19.9 Å². The van der Waals surface area contributed by atoms with Crippen LogP contribution in [0.15, 0.2) is 53.8 Å². The second-order valence-electron chi connectivity index (χ2n) is 6.62.